The van der Waals surface area contributed by atoms with Crippen molar-refractivity contribution in [3.63, 3.8) is 0 Å². The van der Waals surface area contributed by atoms with Gasteiger partial charge in [-0.15, -0.1) is 0 Å². The summed E-state index contributed by atoms with van der Waals surface area (Å²) in [5.41, 5.74) is 11.9. The zero-order chi connectivity index (χ0) is 32.3. The molecule has 1 heteroatoms. The van der Waals surface area contributed by atoms with Crippen molar-refractivity contribution in [2.24, 2.45) is 0 Å². The van der Waals surface area contributed by atoms with E-state index in [1.54, 1.807) is 0 Å². The number of benzene rings is 4. The van der Waals surface area contributed by atoms with Crippen LogP contribution in [0.4, 0.5) is 11.4 Å². The van der Waals surface area contributed by atoms with Crippen LogP contribution in [0.25, 0.3) is 22.3 Å². The topological polar surface area (TPSA) is 3.24 Å². The molecule has 0 bridgehead atoms. The Hall–Kier alpha value is -3.32. The van der Waals surface area contributed by atoms with Crippen LogP contribution in [0.1, 0.15) is 136 Å². The molecule has 0 spiro atoms. The van der Waals surface area contributed by atoms with E-state index in [9.17, 15) is 2.74 Å². The summed E-state index contributed by atoms with van der Waals surface area (Å²) in [6.07, 6.45) is 10.4. The fourth-order valence-corrected chi connectivity index (χ4v) is 8.44. The predicted molar refractivity (Wildman–Crippen MR) is 189 cm³/mol. The molecular formula is C43H51N. The molecule has 0 heterocycles. The molecule has 228 valence electrons. The van der Waals surface area contributed by atoms with Gasteiger partial charge in [-0.05, 0) is 109 Å². The van der Waals surface area contributed by atoms with Crippen LogP contribution in [0.2, 0.25) is 0 Å². The summed E-state index contributed by atoms with van der Waals surface area (Å²) in [6, 6.07) is 31.3. The van der Waals surface area contributed by atoms with Crippen molar-refractivity contribution in [3.05, 3.63) is 107 Å². The van der Waals surface area contributed by atoms with Crippen molar-refractivity contribution in [2.75, 3.05) is 4.90 Å². The highest BCUT2D eigenvalue weighted by atomic mass is 15.2. The van der Waals surface area contributed by atoms with Crippen LogP contribution < -0.4 is 4.90 Å². The number of nitrogens with zero attached hydrogens (tertiary/aromatic N) is 1. The molecule has 0 atom stereocenters. The molecular weight excluding hydrogens is 530 g/mol. The number of hydrogen-bond acceptors (Lipinski definition) is 1. The van der Waals surface area contributed by atoms with Gasteiger partial charge in [0.2, 0.25) is 0 Å². The van der Waals surface area contributed by atoms with Crippen LogP contribution in [0, 0.1) is 0 Å². The lowest BCUT2D eigenvalue weighted by Gasteiger charge is -2.44. The number of hydrogen-bond donors (Lipinski definition) is 0. The van der Waals surface area contributed by atoms with E-state index in [1.165, 1.54) is 46.2 Å². The summed E-state index contributed by atoms with van der Waals surface area (Å²) in [4.78, 5) is 2.58. The highest BCUT2D eigenvalue weighted by Crippen LogP contribution is 2.55. The van der Waals surface area contributed by atoms with Crippen molar-refractivity contribution < 1.29 is 2.74 Å². The maximum absolute atomic E-state index is 10.1. The predicted octanol–water partition coefficient (Wildman–Crippen LogP) is 12.7. The van der Waals surface area contributed by atoms with Crippen molar-refractivity contribution in [1.29, 1.82) is 0 Å². The van der Waals surface area contributed by atoms with E-state index in [0.717, 1.165) is 73.9 Å². The zero-order valence-corrected chi connectivity index (χ0v) is 27.6. The van der Waals surface area contributed by atoms with Crippen LogP contribution in [-0.2, 0) is 5.41 Å². The Balaban J connectivity index is 1.57. The molecule has 7 rings (SSSR count). The molecule has 0 saturated heterocycles. The summed E-state index contributed by atoms with van der Waals surface area (Å²) in [6.45, 7) is 11.7. The first-order chi connectivity index (χ1) is 21.9. The maximum atomic E-state index is 10.1. The van der Waals surface area contributed by atoms with Gasteiger partial charge in [-0.1, -0.05) is 125 Å². The standard InChI is InChI=1S/C43H51N/c1-42(2,3)44(41-33(30-18-9-6-10-19-30)25-17-26-34(41)31-20-11-7-12-21-31)40-29-39-37(28-36(40)32-22-13-8-14-23-32)35-24-15-16-27-38(35)43(39,4)5/h6,9-10,15-19,24-29,31-32H,7-8,11-14,20-23H2,1-5H3/i31D,32D. The Morgan fingerprint density at radius 1 is 0.614 bits per heavy atom. The number of fused-ring (bicyclic) bond motifs is 3. The van der Waals surface area contributed by atoms with Gasteiger partial charge >= 0.3 is 0 Å². The minimum atomic E-state index is -0.654. The monoisotopic (exact) mass is 583 g/mol. The van der Waals surface area contributed by atoms with Gasteiger partial charge in [0.05, 0.1) is 5.69 Å². The Morgan fingerprint density at radius 2 is 1.20 bits per heavy atom. The van der Waals surface area contributed by atoms with Crippen LogP contribution in [0.5, 0.6) is 0 Å². The molecule has 4 aromatic rings. The first-order valence-electron chi connectivity index (χ1n) is 18.2. The summed E-state index contributed by atoms with van der Waals surface area (Å²) >= 11 is 0. The molecule has 4 aromatic carbocycles. The molecule has 0 radical (unpaired) electrons. The van der Waals surface area contributed by atoms with Crippen molar-refractivity contribution in [2.45, 2.75) is 122 Å². The van der Waals surface area contributed by atoms with Crippen molar-refractivity contribution in [1.82, 2.24) is 0 Å². The van der Waals surface area contributed by atoms with Gasteiger partial charge < -0.3 is 4.90 Å². The van der Waals surface area contributed by atoms with Gasteiger partial charge in [0.25, 0.3) is 0 Å². The third-order valence-electron chi connectivity index (χ3n) is 10.6. The lowest BCUT2D eigenvalue weighted by molar-refractivity contribution is 0.438. The molecule has 2 saturated carbocycles. The highest BCUT2D eigenvalue weighted by molar-refractivity contribution is 5.90. The number of para-hydroxylation sites is 1. The largest absolute Gasteiger partial charge is 0.335 e. The van der Waals surface area contributed by atoms with E-state index in [0.29, 0.717) is 0 Å². The third-order valence-corrected chi connectivity index (χ3v) is 10.6. The molecule has 3 aliphatic carbocycles. The fourth-order valence-electron chi connectivity index (χ4n) is 8.44. The summed E-state index contributed by atoms with van der Waals surface area (Å²) in [5.74, 6) is -1.29. The molecule has 0 amide bonds. The maximum Gasteiger partial charge on any atom is 0.0530 e. The van der Waals surface area contributed by atoms with E-state index in [1.807, 2.05) is 0 Å². The first-order valence-corrected chi connectivity index (χ1v) is 17.2. The second-order valence-corrected chi connectivity index (χ2v) is 15.0. The number of anilines is 2. The van der Waals surface area contributed by atoms with Crippen molar-refractivity contribution >= 4 is 11.4 Å². The Kier molecular flexibility index (Phi) is 7.10. The van der Waals surface area contributed by atoms with Crippen LogP contribution >= 0.6 is 0 Å². The zero-order valence-electron chi connectivity index (χ0n) is 29.6. The Labute approximate surface area is 269 Å². The number of rotatable bonds is 5. The second kappa shape index (κ2) is 11.6. The van der Waals surface area contributed by atoms with Gasteiger partial charge in [-0.2, -0.15) is 0 Å². The van der Waals surface area contributed by atoms with Crippen LogP contribution in [0.15, 0.2) is 84.9 Å². The summed E-state index contributed by atoms with van der Waals surface area (Å²) in [7, 11) is 0. The SMILES string of the molecule is [2H]C1(c2cc3c(cc2N(c2c(-c4ccccc4)cccc2C2([2H])CCCCC2)C(C)(C)C)C(C)(C)c2ccccc2-3)CCCCC1. The molecule has 2 fully saturated rings. The average molecular weight is 584 g/mol. The summed E-state index contributed by atoms with van der Waals surface area (Å²) in [5, 5.41) is 0. The smallest absolute Gasteiger partial charge is 0.0530 e. The molecule has 44 heavy (non-hydrogen) atoms. The van der Waals surface area contributed by atoms with Gasteiger partial charge in [0, 0.05) is 24.9 Å². The van der Waals surface area contributed by atoms with Gasteiger partial charge in [0.15, 0.2) is 0 Å². The highest BCUT2D eigenvalue weighted by Gasteiger charge is 2.40. The lowest BCUT2D eigenvalue weighted by Crippen LogP contribution is -2.40. The van der Waals surface area contributed by atoms with E-state index >= 15 is 0 Å². The fraction of sp³-hybridized carbons (Fsp3) is 0.442. The molecule has 0 aromatic heterocycles. The first kappa shape index (κ1) is 27.0. The second-order valence-electron chi connectivity index (χ2n) is 15.0. The molecule has 0 unspecified atom stereocenters. The molecule has 0 N–H and O–H groups in total. The van der Waals surface area contributed by atoms with E-state index in [2.05, 4.69) is 124 Å². The average Bonchev–Trinajstić information content (AvgIpc) is 3.27. The van der Waals surface area contributed by atoms with E-state index in [-0.39, 0.29) is 11.0 Å². The molecule has 1 nitrogen and oxygen atoms in total. The minimum Gasteiger partial charge on any atom is -0.335 e. The Morgan fingerprint density at radius 3 is 1.86 bits per heavy atom. The molecule has 3 aliphatic rings. The van der Waals surface area contributed by atoms with Gasteiger partial charge in [-0.3, -0.25) is 0 Å². The minimum absolute atomic E-state index is 0.147. The lowest BCUT2D eigenvalue weighted by atomic mass is 9.77. The normalized spacial score (nSPS) is 20.7. The quantitative estimate of drug-likeness (QED) is 0.226. The molecule has 0 aliphatic heterocycles. The van der Waals surface area contributed by atoms with E-state index < -0.39 is 11.8 Å². The van der Waals surface area contributed by atoms with Crippen molar-refractivity contribution in [3.8, 4) is 22.3 Å². The van der Waals surface area contributed by atoms with Crippen LogP contribution in [-0.4, -0.2) is 5.54 Å². The Bertz CT molecular complexity index is 1730. The summed E-state index contributed by atoms with van der Waals surface area (Å²) < 4.78 is 20.2. The van der Waals surface area contributed by atoms with Gasteiger partial charge in [-0.25, -0.2) is 0 Å². The van der Waals surface area contributed by atoms with Crippen LogP contribution in [0.3, 0.4) is 0 Å². The van der Waals surface area contributed by atoms with Gasteiger partial charge in [0.1, 0.15) is 0 Å². The van der Waals surface area contributed by atoms with E-state index in [4.69, 9.17) is 0 Å². The third kappa shape index (κ3) is 5.11.